The zero-order valence-electron chi connectivity index (χ0n) is 10.0. The van der Waals surface area contributed by atoms with Crippen molar-refractivity contribution in [2.24, 2.45) is 0 Å². The van der Waals surface area contributed by atoms with Crippen LogP contribution in [0.1, 0.15) is 37.6 Å². The lowest BCUT2D eigenvalue weighted by atomic mass is 10.1. The fraction of sp³-hybridized carbons (Fsp3) is 0.750. The number of likely N-dealkylation sites (tertiary alicyclic amines) is 1. The lowest BCUT2D eigenvalue weighted by Gasteiger charge is -2.25. The first-order valence-electron chi connectivity index (χ1n) is 6.29. The molecule has 4 heteroatoms. The summed E-state index contributed by atoms with van der Waals surface area (Å²) in [6.07, 6.45) is 5.26. The molecule has 90 valence electrons. The summed E-state index contributed by atoms with van der Waals surface area (Å²) in [6.45, 7) is 6.73. The van der Waals surface area contributed by atoms with Gasteiger partial charge in [-0.25, -0.2) is 4.98 Å². The van der Waals surface area contributed by atoms with Crippen molar-refractivity contribution >= 4 is 17.2 Å². The predicted molar refractivity (Wildman–Crippen MR) is 70.0 cm³/mol. The van der Waals surface area contributed by atoms with Gasteiger partial charge < -0.3 is 5.32 Å². The molecule has 0 aliphatic carbocycles. The van der Waals surface area contributed by atoms with E-state index in [4.69, 9.17) is 0 Å². The fourth-order valence-electron chi connectivity index (χ4n) is 2.03. The average Bonchev–Trinajstić information content (AvgIpc) is 2.75. The van der Waals surface area contributed by atoms with Crippen molar-refractivity contribution in [1.29, 1.82) is 0 Å². The van der Waals surface area contributed by atoms with E-state index >= 15 is 0 Å². The van der Waals surface area contributed by atoms with Gasteiger partial charge in [-0.15, -0.1) is 11.3 Å². The highest BCUT2D eigenvalue weighted by Crippen LogP contribution is 2.18. The van der Waals surface area contributed by atoms with Gasteiger partial charge in [0.2, 0.25) is 0 Å². The number of rotatable bonds is 5. The summed E-state index contributed by atoms with van der Waals surface area (Å²) in [7, 11) is 0. The van der Waals surface area contributed by atoms with Crippen molar-refractivity contribution in [3.05, 3.63) is 10.4 Å². The Hall–Kier alpha value is -0.610. The van der Waals surface area contributed by atoms with Crippen molar-refractivity contribution < 1.29 is 0 Å². The molecule has 0 atom stereocenters. The molecule has 0 aromatic carbocycles. The Bertz CT molecular complexity index is 305. The van der Waals surface area contributed by atoms with Crippen LogP contribution >= 0.6 is 11.3 Å². The van der Waals surface area contributed by atoms with Crippen LogP contribution < -0.4 is 5.32 Å². The molecule has 1 aliphatic rings. The molecule has 16 heavy (non-hydrogen) atoms. The molecule has 1 saturated heterocycles. The molecule has 1 aromatic rings. The van der Waals surface area contributed by atoms with Crippen LogP contribution in [0, 0.1) is 0 Å². The summed E-state index contributed by atoms with van der Waals surface area (Å²) in [5.74, 6) is 1.05. The van der Waals surface area contributed by atoms with Gasteiger partial charge in [-0.3, -0.25) is 4.90 Å². The van der Waals surface area contributed by atoms with Gasteiger partial charge in [-0.05, 0) is 32.4 Å². The topological polar surface area (TPSA) is 28.2 Å². The van der Waals surface area contributed by atoms with Crippen LogP contribution in [0.25, 0.3) is 0 Å². The second-order valence-corrected chi connectivity index (χ2v) is 5.33. The summed E-state index contributed by atoms with van der Waals surface area (Å²) in [5.41, 5.74) is 0. The SMILES string of the molecule is CCCNc1csc(CN2CCCCC2)n1. The first-order valence-corrected chi connectivity index (χ1v) is 7.17. The van der Waals surface area contributed by atoms with Crippen molar-refractivity contribution in [3.63, 3.8) is 0 Å². The molecular weight excluding hydrogens is 218 g/mol. The highest BCUT2D eigenvalue weighted by atomic mass is 32.1. The first-order chi connectivity index (χ1) is 7.88. The van der Waals surface area contributed by atoms with Crippen LogP contribution in [-0.2, 0) is 6.54 Å². The molecule has 0 spiro atoms. The van der Waals surface area contributed by atoms with Gasteiger partial charge in [0.15, 0.2) is 0 Å². The summed E-state index contributed by atoms with van der Waals surface area (Å²) in [6, 6.07) is 0. The number of hydrogen-bond acceptors (Lipinski definition) is 4. The number of anilines is 1. The molecular formula is C12H21N3S. The molecule has 1 aromatic heterocycles. The Balaban J connectivity index is 1.81. The molecule has 1 fully saturated rings. The molecule has 3 nitrogen and oxygen atoms in total. The standard InChI is InChI=1S/C12H21N3S/c1-2-6-13-11-10-16-12(14-11)9-15-7-4-3-5-8-15/h10,13H,2-9H2,1H3. The van der Waals surface area contributed by atoms with E-state index in [0.717, 1.165) is 25.3 Å². The van der Waals surface area contributed by atoms with E-state index < -0.39 is 0 Å². The van der Waals surface area contributed by atoms with Crippen molar-refractivity contribution in [3.8, 4) is 0 Å². The minimum atomic E-state index is 1.02. The monoisotopic (exact) mass is 239 g/mol. The summed E-state index contributed by atoms with van der Waals surface area (Å²) in [5, 5.41) is 6.72. The van der Waals surface area contributed by atoms with Gasteiger partial charge >= 0.3 is 0 Å². The maximum Gasteiger partial charge on any atom is 0.137 e. The van der Waals surface area contributed by atoms with Gasteiger partial charge in [-0.2, -0.15) is 0 Å². The number of thiazole rings is 1. The molecule has 2 rings (SSSR count). The van der Waals surface area contributed by atoms with Gasteiger partial charge in [0.1, 0.15) is 10.8 Å². The normalized spacial score (nSPS) is 17.6. The number of nitrogens with one attached hydrogen (secondary N) is 1. The van der Waals surface area contributed by atoms with Crippen LogP contribution in [-0.4, -0.2) is 29.5 Å². The minimum absolute atomic E-state index is 1.02. The van der Waals surface area contributed by atoms with E-state index in [1.165, 1.54) is 37.4 Å². The molecule has 0 radical (unpaired) electrons. The number of hydrogen-bond donors (Lipinski definition) is 1. The van der Waals surface area contributed by atoms with E-state index in [1.54, 1.807) is 11.3 Å². The molecule has 0 amide bonds. The second kappa shape index (κ2) is 6.21. The van der Waals surface area contributed by atoms with E-state index in [1.807, 2.05) is 0 Å². The smallest absolute Gasteiger partial charge is 0.137 e. The van der Waals surface area contributed by atoms with Crippen LogP contribution in [0.5, 0.6) is 0 Å². The molecule has 0 unspecified atom stereocenters. The molecule has 1 aliphatic heterocycles. The van der Waals surface area contributed by atoms with E-state index in [0.29, 0.717) is 0 Å². The quantitative estimate of drug-likeness (QED) is 0.856. The van der Waals surface area contributed by atoms with Gasteiger partial charge in [0.05, 0.1) is 6.54 Å². The van der Waals surface area contributed by atoms with Crippen LogP contribution in [0.15, 0.2) is 5.38 Å². The lowest BCUT2D eigenvalue weighted by molar-refractivity contribution is 0.220. The van der Waals surface area contributed by atoms with Crippen molar-refractivity contribution in [2.45, 2.75) is 39.2 Å². The molecule has 2 heterocycles. The largest absolute Gasteiger partial charge is 0.369 e. The summed E-state index contributed by atoms with van der Waals surface area (Å²) in [4.78, 5) is 7.13. The van der Waals surface area contributed by atoms with Crippen LogP contribution in [0.3, 0.4) is 0 Å². The number of piperidine rings is 1. The zero-order valence-corrected chi connectivity index (χ0v) is 10.9. The van der Waals surface area contributed by atoms with E-state index in [2.05, 4.69) is 27.5 Å². The highest BCUT2D eigenvalue weighted by molar-refractivity contribution is 7.10. The molecule has 1 N–H and O–H groups in total. The zero-order chi connectivity index (χ0) is 11.2. The summed E-state index contributed by atoms with van der Waals surface area (Å²) < 4.78 is 0. The fourth-order valence-corrected chi connectivity index (χ4v) is 2.82. The third-order valence-electron chi connectivity index (χ3n) is 2.92. The Labute approximate surface area is 102 Å². The Morgan fingerprint density at radius 3 is 2.94 bits per heavy atom. The molecule has 0 bridgehead atoms. The first kappa shape index (κ1) is 11.9. The summed E-state index contributed by atoms with van der Waals surface area (Å²) >= 11 is 1.78. The third-order valence-corrected chi connectivity index (χ3v) is 3.75. The van der Waals surface area contributed by atoms with Gasteiger partial charge in [0, 0.05) is 11.9 Å². The maximum absolute atomic E-state index is 4.61. The Kier molecular flexibility index (Phi) is 4.60. The van der Waals surface area contributed by atoms with E-state index in [9.17, 15) is 0 Å². The third kappa shape index (κ3) is 3.46. The Morgan fingerprint density at radius 1 is 1.38 bits per heavy atom. The van der Waals surface area contributed by atoms with Crippen molar-refractivity contribution in [1.82, 2.24) is 9.88 Å². The number of nitrogens with zero attached hydrogens (tertiary/aromatic N) is 2. The Morgan fingerprint density at radius 2 is 2.19 bits per heavy atom. The van der Waals surface area contributed by atoms with Crippen molar-refractivity contribution in [2.75, 3.05) is 25.0 Å². The minimum Gasteiger partial charge on any atom is -0.369 e. The van der Waals surface area contributed by atoms with Crippen LogP contribution in [0.2, 0.25) is 0 Å². The second-order valence-electron chi connectivity index (χ2n) is 4.39. The maximum atomic E-state index is 4.61. The predicted octanol–water partition coefficient (Wildman–Crippen LogP) is 2.95. The lowest BCUT2D eigenvalue weighted by Crippen LogP contribution is -2.29. The van der Waals surface area contributed by atoms with E-state index in [-0.39, 0.29) is 0 Å². The van der Waals surface area contributed by atoms with Gasteiger partial charge in [-0.1, -0.05) is 13.3 Å². The van der Waals surface area contributed by atoms with Crippen LogP contribution in [0.4, 0.5) is 5.82 Å². The van der Waals surface area contributed by atoms with Gasteiger partial charge in [0.25, 0.3) is 0 Å². The number of aromatic nitrogens is 1. The average molecular weight is 239 g/mol. The molecule has 0 saturated carbocycles. The highest BCUT2D eigenvalue weighted by Gasteiger charge is 2.12.